The third kappa shape index (κ3) is 8.09. The van der Waals surface area contributed by atoms with Crippen molar-refractivity contribution in [3.63, 3.8) is 0 Å². The summed E-state index contributed by atoms with van der Waals surface area (Å²) in [7, 11) is -0.532. The summed E-state index contributed by atoms with van der Waals surface area (Å²) < 4.78 is 17.6. The van der Waals surface area contributed by atoms with Gasteiger partial charge < -0.3 is 18.8 Å². The van der Waals surface area contributed by atoms with E-state index in [9.17, 15) is 0 Å². The molecule has 1 saturated heterocycles. The topological polar surface area (TPSA) is 30.9 Å². The zero-order valence-corrected chi connectivity index (χ0v) is 18.0. The van der Waals surface area contributed by atoms with Gasteiger partial charge in [0.15, 0.2) is 8.32 Å². The molecule has 0 aromatic carbocycles. The highest BCUT2D eigenvalue weighted by atomic mass is 28.4. The Morgan fingerprint density at radius 1 is 1.43 bits per heavy atom. The highest BCUT2D eigenvalue weighted by Gasteiger charge is 2.33. The lowest BCUT2D eigenvalue weighted by molar-refractivity contribution is 0.0247. The normalized spacial score (nSPS) is 24.2. The summed E-state index contributed by atoms with van der Waals surface area (Å²) in [6, 6.07) is 1.23. The van der Waals surface area contributed by atoms with Crippen LogP contribution in [0.15, 0.2) is 12.7 Å². The number of nitrogens with zero attached hydrogens (tertiary/aromatic N) is 1. The van der Waals surface area contributed by atoms with E-state index >= 15 is 0 Å². The molecule has 0 bridgehead atoms. The minimum absolute atomic E-state index is 0.190. The molecule has 1 aliphatic rings. The Bertz CT molecular complexity index is 340. The molecule has 0 amide bonds. The molecule has 23 heavy (non-hydrogen) atoms. The monoisotopic (exact) mass is 359 g/mol. The predicted molar refractivity (Wildman–Crippen MR) is 104 cm³/mol. The fourth-order valence-corrected chi connectivity index (χ4v) is 7.54. The van der Waals surface area contributed by atoms with E-state index < -0.39 is 17.1 Å². The second kappa shape index (κ2) is 10.8. The van der Waals surface area contributed by atoms with Crippen molar-refractivity contribution < 1.29 is 13.9 Å². The molecule has 0 N–H and O–H groups in total. The van der Waals surface area contributed by atoms with Crippen LogP contribution in [0.1, 0.15) is 12.8 Å². The standard InChI is InChI=1S/C17H37NO3Si2/c1-7-11-20-15-16-14-18(10-8-13-23(5,6)21-16)17(22(3)4)9-12-19-2/h7,16-17,22H,1,8-15H2,2-6H3. The van der Waals surface area contributed by atoms with Gasteiger partial charge in [0.1, 0.15) is 0 Å². The summed E-state index contributed by atoms with van der Waals surface area (Å²) in [6.45, 7) is 17.6. The molecular formula is C17H37NO3Si2. The van der Waals surface area contributed by atoms with Crippen molar-refractivity contribution in [2.24, 2.45) is 0 Å². The van der Waals surface area contributed by atoms with Crippen molar-refractivity contribution in [3.05, 3.63) is 12.7 Å². The number of hydrogen-bond donors (Lipinski definition) is 0. The van der Waals surface area contributed by atoms with Gasteiger partial charge in [0, 0.05) is 25.9 Å². The first-order valence-corrected chi connectivity index (χ1v) is 15.1. The highest BCUT2D eigenvalue weighted by molar-refractivity contribution is 6.71. The largest absolute Gasteiger partial charge is 0.411 e. The second-order valence-corrected chi connectivity index (χ2v) is 15.0. The van der Waals surface area contributed by atoms with Gasteiger partial charge in [-0.2, -0.15) is 0 Å². The van der Waals surface area contributed by atoms with Gasteiger partial charge in [0.05, 0.1) is 28.1 Å². The first-order chi connectivity index (χ1) is 10.9. The van der Waals surface area contributed by atoms with Crippen molar-refractivity contribution in [1.29, 1.82) is 0 Å². The molecule has 0 aliphatic carbocycles. The lowest BCUT2D eigenvalue weighted by Gasteiger charge is -2.41. The van der Waals surface area contributed by atoms with Gasteiger partial charge in [-0.25, -0.2) is 0 Å². The SMILES string of the molecule is C=CCOCC1CN(C(CCOC)[SiH](C)C)CCC[Si](C)(C)O1. The number of ether oxygens (including phenoxy) is 2. The summed E-state index contributed by atoms with van der Waals surface area (Å²) >= 11 is 0. The van der Waals surface area contributed by atoms with E-state index in [0.29, 0.717) is 18.9 Å². The number of hydrogen-bond acceptors (Lipinski definition) is 4. The lowest BCUT2D eigenvalue weighted by atomic mass is 10.2. The first kappa shape index (κ1) is 21.1. The third-order valence-corrected chi connectivity index (χ3v) is 9.37. The molecule has 4 nitrogen and oxygen atoms in total. The summed E-state index contributed by atoms with van der Waals surface area (Å²) in [6.07, 6.45) is 4.40. The Morgan fingerprint density at radius 2 is 2.17 bits per heavy atom. The molecule has 136 valence electrons. The van der Waals surface area contributed by atoms with Crippen molar-refractivity contribution in [2.45, 2.75) is 56.8 Å². The summed E-state index contributed by atoms with van der Waals surface area (Å²) in [5.74, 6) is 0. The van der Waals surface area contributed by atoms with Crippen LogP contribution in [-0.2, 0) is 13.9 Å². The molecule has 6 heteroatoms. The summed E-state index contributed by atoms with van der Waals surface area (Å²) in [5.41, 5.74) is 0.684. The average Bonchev–Trinajstić information content (AvgIpc) is 2.44. The van der Waals surface area contributed by atoms with Gasteiger partial charge in [-0.15, -0.1) is 6.58 Å². The van der Waals surface area contributed by atoms with Crippen LogP contribution in [0.25, 0.3) is 0 Å². The average molecular weight is 360 g/mol. The molecule has 0 radical (unpaired) electrons. The van der Waals surface area contributed by atoms with Crippen LogP contribution in [0, 0.1) is 0 Å². The van der Waals surface area contributed by atoms with Gasteiger partial charge in [-0.3, -0.25) is 0 Å². The number of rotatable bonds is 9. The lowest BCUT2D eigenvalue weighted by Crippen LogP contribution is -2.53. The van der Waals surface area contributed by atoms with Crippen LogP contribution >= 0.6 is 0 Å². The molecular weight excluding hydrogens is 322 g/mol. The third-order valence-electron chi connectivity index (χ3n) is 4.54. The molecule has 0 aromatic heterocycles. The summed E-state index contributed by atoms with van der Waals surface area (Å²) in [4.78, 5) is 2.67. The van der Waals surface area contributed by atoms with Crippen LogP contribution in [-0.4, -0.2) is 73.8 Å². The van der Waals surface area contributed by atoms with Crippen molar-refractivity contribution in [2.75, 3.05) is 40.0 Å². The van der Waals surface area contributed by atoms with Gasteiger partial charge in [-0.1, -0.05) is 19.2 Å². The van der Waals surface area contributed by atoms with Crippen LogP contribution in [0.4, 0.5) is 0 Å². The Hall–Kier alpha value is 0.0138. The van der Waals surface area contributed by atoms with Gasteiger partial charge >= 0.3 is 0 Å². The zero-order valence-electron chi connectivity index (χ0n) is 15.8. The smallest absolute Gasteiger partial charge is 0.187 e. The van der Waals surface area contributed by atoms with Crippen LogP contribution in [0.3, 0.4) is 0 Å². The fraction of sp³-hybridized carbons (Fsp3) is 0.882. The van der Waals surface area contributed by atoms with E-state index in [-0.39, 0.29) is 6.10 Å². The molecule has 1 rings (SSSR count). The number of methoxy groups -OCH3 is 1. The highest BCUT2D eigenvalue weighted by Crippen LogP contribution is 2.23. The predicted octanol–water partition coefficient (Wildman–Crippen LogP) is 2.92. The Labute approximate surface area is 145 Å². The van der Waals surface area contributed by atoms with Crippen LogP contribution in [0.5, 0.6) is 0 Å². The van der Waals surface area contributed by atoms with Crippen molar-refractivity contribution in [3.8, 4) is 0 Å². The van der Waals surface area contributed by atoms with Crippen LogP contribution < -0.4 is 0 Å². The maximum atomic E-state index is 6.51. The quantitative estimate of drug-likeness (QED) is 0.360. The van der Waals surface area contributed by atoms with Gasteiger partial charge in [0.2, 0.25) is 0 Å². The van der Waals surface area contributed by atoms with Crippen LogP contribution in [0.2, 0.25) is 32.2 Å². The molecule has 2 unspecified atom stereocenters. The second-order valence-electron chi connectivity index (χ2n) is 7.52. The van der Waals surface area contributed by atoms with Crippen molar-refractivity contribution >= 4 is 17.1 Å². The Balaban J connectivity index is 2.75. The van der Waals surface area contributed by atoms with E-state index in [1.54, 1.807) is 7.11 Å². The van der Waals surface area contributed by atoms with Gasteiger partial charge in [0.25, 0.3) is 0 Å². The maximum Gasteiger partial charge on any atom is 0.187 e. The Kier molecular flexibility index (Phi) is 9.88. The van der Waals surface area contributed by atoms with Crippen molar-refractivity contribution in [1.82, 2.24) is 4.90 Å². The van der Waals surface area contributed by atoms with E-state index in [0.717, 1.165) is 19.6 Å². The first-order valence-electron chi connectivity index (χ1n) is 8.99. The molecule has 2 atom stereocenters. The van der Waals surface area contributed by atoms with E-state index in [1.807, 2.05) is 6.08 Å². The van der Waals surface area contributed by atoms with E-state index in [2.05, 4.69) is 37.7 Å². The summed E-state index contributed by atoms with van der Waals surface area (Å²) in [5, 5.41) is 0. The van der Waals surface area contributed by atoms with E-state index in [4.69, 9.17) is 13.9 Å². The zero-order chi connectivity index (χ0) is 17.3. The van der Waals surface area contributed by atoms with E-state index in [1.165, 1.54) is 19.0 Å². The molecule has 1 fully saturated rings. The molecule has 0 saturated carbocycles. The Morgan fingerprint density at radius 3 is 2.78 bits per heavy atom. The molecule has 1 aliphatic heterocycles. The minimum Gasteiger partial charge on any atom is -0.411 e. The molecule has 0 spiro atoms. The maximum absolute atomic E-state index is 6.51. The minimum atomic E-state index is -1.56. The molecule has 0 aromatic rings. The fourth-order valence-electron chi connectivity index (χ4n) is 3.45. The van der Waals surface area contributed by atoms with Gasteiger partial charge in [-0.05, 0) is 38.5 Å². The molecule has 1 heterocycles.